The molecule has 1 heterocycles. The molecule has 0 aliphatic carbocycles. The summed E-state index contributed by atoms with van der Waals surface area (Å²) in [6, 6.07) is 13.7. The summed E-state index contributed by atoms with van der Waals surface area (Å²) in [7, 11) is 1.63. The molecule has 0 fully saturated rings. The van der Waals surface area contributed by atoms with Crippen LogP contribution in [-0.2, 0) is 6.61 Å². The number of hydrogen-bond donors (Lipinski definition) is 1. The van der Waals surface area contributed by atoms with Crippen molar-refractivity contribution in [3.05, 3.63) is 53.4 Å². The second-order valence-corrected chi connectivity index (χ2v) is 5.36. The van der Waals surface area contributed by atoms with Gasteiger partial charge in [0.05, 0.1) is 12.8 Å². The van der Waals surface area contributed by atoms with Crippen LogP contribution in [0.1, 0.15) is 5.56 Å². The highest BCUT2D eigenvalue weighted by atomic mass is 32.1. The number of ether oxygens (including phenoxy) is 2. The van der Waals surface area contributed by atoms with Gasteiger partial charge in [0.2, 0.25) is 0 Å². The van der Waals surface area contributed by atoms with E-state index in [2.05, 4.69) is 17.5 Å². The average Bonchev–Trinajstić information content (AvgIpc) is 2.90. The molecule has 0 amide bonds. The van der Waals surface area contributed by atoms with Gasteiger partial charge in [0.1, 0.15) is 18.1 Å². The normalized spacial score (nSPS) is 10.7. The van der Waals surface area contributed by atoms with Crippen molar-refractivity contribution in [2.75, 3.05) is 12.8 Å². The average molecular weight is 285 g/mol. The minimum Gasteiger partial charge on any atom is -0.497 e. The molecule has 4 heteroatoms. The van der Waals surface area contributed by atoms with Crippen molar-refractivity contribution < 1.29 is 9.47 Å². The highest BCUT2D eigenvalue weighted by molar-refractivity contribution is 7.17. The Bertz CT molecular complexity index is 736. The van der Waals surface area contributed by atoms with E-state index in [9.17, 15) is 0 Å². The fraction of sp³-hybridized carbons (Fsp3) is 0.125. The van der Waals surface area contributed by atoms with Crippen molar-refractivity contribution in [3.8, 4) is 11.5 Å². The molecule has 3 rings (SSSR count). The smallest absolute Gasteiger partial charge is 0.146 e. The van der Waals surface area contributed by atoms with Crippen molar-refractivity contribution in [2.24, 2.45) is 0 Å². The van der Waals surface area contributed by atoms with Crippen LogP contribution >= 0.6 is 11.3 Å². The zero-order valence-corrected chi connectivity index (χ0v) is 11.9. The van der Waals surface area contributed by atoms with Gasteiger partial charge in [-0.2, -0.15) is 0 Å². The highest BCUT2D eigenvalue weighted by Crippen LogP contribution is 2.30. The number of anilines is 1. The lowest BCUT2D eigenvalue weighted by atomic mass is 10.2. The third kappa shape index (κ3) is 2.42. The van der Waals surface area contributed by atoms with E-state index in [-0.39, 0.29) is 0 Å². The van der Waals surface area contributed by atoms with E-state index >= 15 is 0 Å². The summed E-state index contributed by atoms with van der Waals surface area (Å²) in [6.45, 7) is 0.501. The van der Waals surface area contributed by atoms with Gasteiger partial charge < -0.3 is 15.2 Å². The summed E-state index contributed by atoms with van der Waals surface area (Å²) in [5.41, 5.74) is 7.71. The second kappa shape index (κ2) is 5.43. The monoisotopic (exact) mass is 285 g/mol. The summed E-state index contributed by atoms with van der Waals surface area (Å²) in [5.74, 6) is 1.39. The molecular formula is C16H15NO2S. The Labute approximate surface area is 121 Å². The lowest BCUT2D eigenvalue weighted by Gasteiger charge is -2.10. The summed E-state index contributed by atoms with van der Waals surface area (Å²) in [4.78, 5) is 0. The van der Waals surface area contributed by atoms with Crippen LogP contribution in [0.2, 0.25) is 0 Å². The van der Waals surface area contributed by atoms with Gasteiger partial charge >= 0.3 is 0 Å². The number of benzene rings is 2. The Hall–Kier alpha value is -2.20. The Balaban J connectivity index is 1.83. The predicted octanol–water partition coefficient (Wildman–Crippen LogP) is 4.07. The summed E-state index contributed by atoms with van der Waals surface area (Å²) >= 11 is 1.72. The van der Waals surface area contributed by atoms with Crippen molar-refractivity contribution in [1.29, 1.82) is 0 Å². The summed E-state index contributed by atoms with van der Waals surface area (Å²) in [6.07, 6.45) is 0. The molecule has 0 aliphatic heterocycles. The van der Waals surface area contributed by atoms with Gasteiger partial charge in [-0.05, 0) is 29.0 Å². The SMILES string of the molecule is COc1ccc(N)c(OCc2csc3ccccc23)c1. The fourth-order valence-corrected chi connectivity index (χ4v) is 3.01. The quantitative estimate of drug-likeness (QED) is 0.735. The molecule has 2 aromatic carbocycles. The Morgan fingerprint density at radius 1 is 1.15 bits per heavy atom. The maximum atomic E-state index is 5.92. The molecule has 0 spiro atoms. The summed E-state index contributed by atoms with van der Waals surface area (Å²) in [5, 5.41) is 3.36. The second-order valence-electron chi connectivity index (χ2n) is 4.45. The number of nitrogen functional groups attached to an aromatic ring is 1. The van der Waals surface area contributed by atoms with Crippen LogP contribution in [0.15, 0.2) is 47.8 Å². The van der Waals surface area contributed by atoms with Crippen LogP contribution in [0.3, 0.4) is 0 Å². The third-order valence-electron chi connectivity index (χ3n) is 3.17. The van der Waals surface area contributed by atoms with Crippen LogP contribution in [0, 0.1) is 0 Å². The molecular weight excluding hydrogens is 270 g/mol. The van der Waals surface area contributed by atoms with Gasteiger partial charge in [-0.15, -0.1) is 11.3 Å². The first kappa shape index (κ1) is 12.8. The largest absolute Gasteiger partial charge is 0.497 e. The van der Waals surface area contributed by atoms with Crippen LogP contribution in [0.4, 0.5) is 5.69 Å². The number of rotatable bonds is 4. The molecule has 20 heavy (non-hydrogen) atoms. The zero-order valence-electron chi connectivity index (χ0n) is 11.1. The van der Waals surface area contributed by atoms with E-state index in [1.54, 1.807) is 24.5 Å². The van der Waals surface area contributed by atoms with Gasteiger partial charge in [0.15, 0.2) is 0 Å². The molecule has 0 atom stereocenters. The van der Waals surface area contributed by atoms with E-state index < -0.39 is 0 Å². The summed E-state index contributed by atoms with van der Waals surface area (Å²) < 4.78 is 12.3. The van der Waals surface area contributed by atoms with Crippen LogP contribution in [-0.4, -0.2) is 7.11 Å². The van der Waals surface area contributed by atoms with Gasteiger partial charge in [0, 0.05) is 16.3 Å². The third-order valence-corrected chi connectivity index (χ3v) is 4.18. The standard InChI is InChI=1S/C16H15NO2S/c1-18-12-6-7-14(17)15(8-12)19-9-11-10-20-16-5-3-2-4-13(11)16/h2-8,10H,9,17H2,1H3. The molecule has 0 saturated carbocycles. The molecule has 1 aromatic heterocycles. The zero-order chi connectivity index (χ0) is 13.9. The van der Waals surface area contributed by atoms with Crippen molar-refractivity contribution in [3.63, 3.8) is 0 Å². The van der Waals surface area contributed by atoms with Crippen LogP contribution in [0.5, 0.6) is 11.5 Å². The van der Waals surface area contributed by atoms with E-state index in [1.807, 2.05) is 24.3 Å². The molecule has 3 aromatic rings. The number of methoxy groups -OCH3 is 1. The minimum atomic E-state index is 0.501. The van der Waals surface area contributed by atoms with E-state index in [1.165, 1.54) is 15.6 Å². The van der Waals surface area contributed by atoms with Crippen LogP contribution in [0.25, 0.3) is 10.1 Å². The number of hydrogen-bond acceptors (Lipinski definition) is 4. The van der Waals surface area contributed by atoms with Crippen LogP contribution < -0.4 is 15.2 Å². The topological polar surface area (TPSA) is 44.5 Å². The van der Waals surface area contributed by atoms with E-state index in [4.69, 9.17) is 15.2 Å². The van der Waals surface area contributed by atoms with Gasteiger partial charge in [-0.25, -0.2) is 0 Å². The predicted molar refractivity (Wildman–Crippen MR) is 83.6 cm³/mol. The number of fused-ring (bicyclic) bond motifs is 1. The highest BCUT2D eigenvalue weighted by Gasteiger charge is 2.07. The van der Waals surface area contributed by atoms with E-state index in [0.717, 1.165) is 5.75 Å². The number of nitrogens with two attached hydrogens (primary N) is 1. The molecule has 0 radical (unpaired) electrons. The fourth-order valence-electron chi connectivity index (χ4n) is 2.07. The molecule has 0 aliphatic rings. The van der Waals surface area contributed by atoms with Gasteiger partial charge in [0.25, 0.3) is 0 Å². The van der Waals surface area contributed by atoms with Gasteiger partial charge in [-0.1, -0.05) is 18.2 Å². The Morgan fingerprint density at radius 3 is 2.85 bits per heavy atom. The maximum Gasteiger partial charge on any atom is 0.146 e. The van der Waals surface area contributed by atoms with E-state index in [0.29, 0.717) is 18.0 Å². The van der Waals surface area contributed by atoms with Gasteiger partial charge in [-0.3, -0.25) is 0 Å². The molecule has 0 saturated heterocycles. The first-order chi connectivity index (χ1) is 9.78. The first-order valence-electron chi connectivity index (χ1n) is 6.29. The molecule has 2 N–H and O–H groups in total. The van der Waals surface area contributed by atoms with Crippen molar-refractivity contribution >= 4 is 27.1 Å². The number of thiophene rings is 1. The Morgan fingerprint density at radius 2 is 2.00 bits per heavy atom. The first-order valence-corrected chi connectivity index (χ1v) is 7.17. The lowest BCUT2D eigenvalue weighted by molar-refractivity contribution is 0.307. The minimum absolute atomic E-state index is 0.501. The lowest BCUT2D eigenvalue weighted by Crippen LogP contribution is -1.98. The molecule has 102 valence electrons. The molecule has 0 unspecified atom stereocenters. The van der Waals surface area contributed by atoms with Crippen molar-refractivity contribution in [2.45, 2.75) is 6.61 Å². The molecule has 3 nitrogen and oxygen atoms in total. The molecule has 0 bridgehead atoms. The Kier molecular flexibility index (Phi) is 3.48. The maximum absolute atomic E-state index is 5.92. The van der Waals surface area contributed by atoms with Crippen molar-refractivity contribution in [1.82, 2.24) is 0 Å².